The molecule has 0 amide bonds. The first-order chi connectivity index (χ1) is 9.20. The molecule has 0 aromatic heterocycles. The molecule has 19 heavy (non-hydrogen) atoms. The molecule has 0 spiro atoms. The molecule has 0 unspecified atom stereocenters. The van der Waals surface area contributed by atoms with Crippen molar-refractivity contribution in [2.45, 2.75) is 44.1 Å². The van der Waals surface area contributed by atoms with E-state index in [9.17, 15) is 10.1 Å². The quantitative estimate of drug-likeness (QED) is 0.621. The van der Waals surface area contributed by atoms with Crippen LogP contribution < -0.4 is 9.47 Å². The van der Waals surface area contributed by atoms with Crippen LogP contribution in [0.4, 0.5) is 0 Å². The molecule has 0 radical (unpaired) electrons. The van der Waals surface area contributed by atoms with E-state index in [0.717, 1.165) is 30.6 Å². The fourth-order valence-electron chi connectivity index (χ4n) is 3.06. The summed E-state index contributed by atoms with van der Waals surface area (Å²) in [5, 5.41) is 11.5. The average Bonchev–Trinajstić information content (AvgIpc) is 2.87. The van der Waals surface area contributed by atoms with Crippen molar-refractivity contribution in [1.29, 1.82) is 0 Å². The van der Waals surface area contributed by atoms with Gasteiger partial charge in [-0.25, -0.2) is 0 Å². The van der Waals surface area contributed by atoms with Crippen molar-refractivity contribution in [3.63, 3.8) is 0 Å². The highest BCUT2D eigenvalue weighted by molar-refractivity contribution is 5.44. The maximum absolute atomic E-state index is 11.5. The number of benzene rings is 1. The molecule has 1 aliphatic carbocycles. The molecule has 3 rings (SSSR count). The fraction of sp³-hybridized carbons (Fsp3) is 0.571. The number of hydrogen-bond acceptors (Lipinski definition) is 4. The van der Waals surface area contributed by atoms with E-state index in [4.69, 9.17) is 9.47 Å². The maximum Gasteiger partial charge on any atom is 0.231 e. The minimum Gasteiger partial charge on any atom is -0.454 e. The zero-order valence-electron chi connectivity index (χ0n) is 10.8. The second-order valence-corrected chi connectivity index (χ2v) is 5.41. The van der Waals surface area contributed by atoms with Gasteiger partial charge in [0.05, 0.1) is 0 Å². The molecule has 1 saturated carbocycles. The van der Waals surface area contributed by atoms with E-state index in [0.29, 0.717) is 25.0 Å². The third-order valence-electron chi connectivity index (χ3n) is 4.14. The molecule has 5 heteroatoms. The van der Waals surface area contributed by atoms with Gasteiger partial charge in [0.15, 0.2) is 11.5 Å². The molecule has 0 saturated heterocycles. The van der Waals surface area contributed by atoms with Crippen LogP contribution in [0.3, 0.4) is 0 Å². The second-order valence-electron chi connectivity index (χ2n) is 5.41. The summed E-state index contributed by atoms with van der Waals surface area (Å²) in [6.07, 6.45) is 4.84. The normalized spacial score (nSPS) is 20.2. The Labute approximate surface area is 111 Å². The molecule has 1 aliphatic heterocycles. The predicted molar refractivity (Wildman–Crippen MR) is 69.1 cm³/mol. The zero-order chi connectivity index (χ0) is 13.3. The molecule has 1 aromatic carbocycles. The Morgan fingerprint density at radius 2 is 1.89 bits per heavy atom. The summed E-state index contributed by atoms with van der Waals surface area (Å²) in [6.45, 7) is 0.235. The molecule has 1 aromatic rings. The van der Waals surface area contributed by atoms with Crippen molar-refractivity contribution in [1.82, 2.24) is 0 Å². The first-order valence-electron chi connectivity index (χ1n) is 6.73. The number of rotatable bonds is 3. The Morgan fingerprint density at radius 1 is 1.16 bits per heavy atom. The number of nitro groups is 1. The molecular formula is C14H17NO4. The number of ether oxygens (including phenoxy) is 2. The zero-order valence-corrected chi connectivity index (χ0v) is 10.8. The van der Waals surface area contributed by atoms with E-state index in [1.807, 2.05) is 18.2 Å². The van der Waals surface area contributed by atoms with Crippen LogP contribution in [-0.2, 0) is 6.42 Å². The van der Waals surface area contributed by atoms with Gasteiger partial charge in [-0.05, 0) is 30.5 Å². The van der Waals surface area contributed by atoms with Gasteiger partial charge in [-0.1, -0.05) is 12.5 Å². The SMILES string of the molecule is O=[N+]([O-])C1(Cc2ccc3c(c2)OCO3)CCCCC1. The molecule has 102 valence electrons. The van der Waals surface area contributed by atoms with Gasteiger partial charge in [0.1, 0.15) is 0 Å². The van der Waals surface area contributed by atoms with Gasteiger partial charge in [0.2, 0.25) is 12.3 Å². The van der Waals surface area contributed by atoms with E-state index in [1.54, 1.807) is 0 Å². The smallest absolute Gasteiger partial charge is 0.231 e. The Kier molecular flexibility index (Phi) is 3.05. The second kappa shape index (κ2) is 4.72. The van der Waals surface area contributed by atoms with Crippen LogP contribution in [0.25, 0.3) is 0 Å². The summed E-state index contributed by atoms with van der Waals surface area (Å²) in [5.41, 5.74) is 0.175. The minimum atomic E-state index is -0.786. The number of hydrogen-bond donors (Lipinski definition) is 0. The molecule has 5 nitrogen and oxygen atoms in total. The lowest BCUT2D eigenvalue weighted by molar-refractivity contribution is -0.574. The van der Waals surface area contributed by atoms with Crippen LogP contribution in [0.15, 0.2) is 18.2 Å². The summed E-state index contributed by atoms with van der Waals surface area (Å²) >= 11 is 0. The third-order valence-corrected chi connectivity index (χ3v) is 4.14. The van der Waals surface area contributed by atoms with E-state index in [2.05, 4.69) is 0 Å². The van der Waals surface area contributed by atoms with Gasteiger partial charge < -0.3 is 9.47 Å². The molecule has 1 fully saturated rings. The Hall–Kier alpha value is -1.78. The van der Waals surface area contributed by atoms with Crippen molar-refractivity contribution in [3.8, 4) is 11.5 Å². The summed E-state index contributed by atoms with van der Waals surface area (Å²) in [5.74, 6) is 1.43. The first kappa shape index (κ1) is 12.3. The summed E-state index contributed by atoms with van der Waals surface area (Å²) < 4.78 is 10.6. The number of nitrogens with zero attached hydrogens (tertiary/aromatic N) is 1. The van der Waals surface area contributed by atoms with Gasteiger partial charge in [-0.2, -0.15) is 0 Å². The van der Waals surface area contributed by atoms with Crippen LogP contribution in [-0.4, -0.2) is 17.3 Å². The van der Waals surface area contributed by atoms with Crippen molar-refractivity contribution in [2.75, 3.05) is 6.79 Å². The standard InChI is InChI=1S/C14H17NO4/c16-15(17)14(6-2-1-3-7-14)9-11-4-5-12-13(8-11)19-10-18-12/h4-5,8H,1-3,6-7,9-10H2. The van der Waals surface area contributed by atoms with Crippen LogP contribution in [0.1, 0.15) is 37.7 Å². The highest BCUT2D eigenvalue weighted by atomic mass is 16.7. The Balaban J connectivity index is 1.84. The van der Waals surface area contributed by atoms with E-state index in [1.165, 1.54) is 0 Å². The topological polar surface area (TPSA) is 61.6 Å². The molecule has 0 atom stereocenters. The largest absolute Gasteiger partial charge is 0.454 e. The van der Waals surface area contributed by atoms with Gasteiger partial charge in [-0.3, -0.25) is 10.1 Å². The van der Waals surface area contributed by atoms with E-state index < -0.39 is 5.54 Å². The lowest BCUT2D eigenvalue weighted by atomic mass is 9.78. The monoisotopic (exact) mass is 263 g/mol. The molecule has 1 heterocycles. The van der Waals surface area contributed by atoms with Crippen LogP contribution in [0.5, 0.6) is 11.5 Å². The lowest BCUT2D eigenvalue weighted by Gasteiger charge is -2.29. The van der Waals surface area contributed by atoms with Crippen molar-refractivity contribution >= 4 is 0 Å². The lowest BCUT2D eigenvalue weighted by Crippen LogP contribution is -2.42. The number of fused-ring (bicyclic) bond motifs is 1. The molecule has 2 aliphatic rings. The molecular weight excluding hydrogens is 246 g/mol. The Bertz CT molecular complexity index is 494. The van der Waals surface area contributed by atoms with Crippen molar-refractivity contribution in [2.24, 2.45) is 0 Å². The minimum absolute atomic E-state index is 0.0727. The predicted octanol–water partition coefficient (Wildman–Crippen LogP) is 2.94. The average molecular weight is 263 g/mol. The molecule has 0 bridgehead atoms. The Morgan fingerprint density at radius 3 is 2.63 bits per heavy atom. The van der Waals surface area contributed by atoms with Crippen LogP contribution >= 0.6 is 0 Å². The van der Waals surface area contributed by atoms with E-state index >= 15 is 0 Å². The maximum atomic E-state index is 11.5. The fourth-order valence-corrected chi connectivity index (χ4v) is 3.06. The third kappa shape index (κ3) is 2.25. The van der Waals surface area contributed by atoms with Crippen LogP contribution in [0, 0.1) is 10.1 Å². The van der Waals surface area contributed by atoms with Crippen molar-refractivity contribution in [3.05, 3.63) is 33.9 Å². The van der Waals surface area contributed by atoms with Crippen molar-refractivity contribution < 1.29 is 14.4 Å². The van der Waals surface area contributed by atoms with Gasteiger partial charge >= 0.3 is 0 Å². The van der Waals surface area contributed by atoms with E-state index in [-0.39, 0.29) is 11.7 Å². The summed E-state index contributed by atoms with van der Waals surface area (Å²) in [4.78, 5) is 11.4. The first-order valence-corrected chi connectivity index (χ1v) is 6.73. The summed E-state index contributed by atoms with van der Waals surface area (Å²) in [6, 6.07) is 5.63. The highest BCUT2D eigenvalue weighted by Crippen LogP contribution is 2.37. The molecule has 0 N–H and O–H groups in total. The van der Waals surface area contributed by atoms with Gasteiger partial charge in [0.25, 0.3) is 0 Å². The highest BCUT2D eigenvalue weighted by Gasteiger charge is 2.43. The summed E-state index contributed by atoms with van der Waals surface area (Å²) in [7, 11) is 0. The van der Waals surface area contributed by atoms with Gasteiger partial charge in [0, 0.05) is 24.2 Å². The van der Waals surface area contributed by atoms with Gasteiger partial charge in [-0.15, -0.1) is 0 Å². The van der Waals surface area contributed by atoms with Crippen LogP contribution in [0.2, 0.25) is 0 Å².